The summed E-state index contributed by atoms with van der Waals surface area (Å²) in [6.45, 7) is 0. The lowest BCUT2D eigenvalue weighted by atomic mass is 10.3. The van der Waals surface area contributed by atoms with Crippen LogP contribution in [0.15, 0.2) is 17.3 Å². The van der Waals surface area contributed by atoms with Gasteiger partial charge in [0.25, 0.3) is 0 Å². The first kappa shape index (κ1) is 12.1. The first-order valence-corrected chi connectivity index (χ1v) is 7.67. The van der Waals surface area contributed by atoms with Crippen LogP contribution in [0.2, 0.25) is 5.28 Å². The Kier molecular flexibility index (Phi) is 3.68. The molecule has 0 saturated carbocycles. The molecular formula is C8H10ClN3O2S2. The molecule has 0 aliphatic carbocycles. The number of hydrogen-bond donors (Lipinski definition) is 1. The number of aromatic nitrogens is 2. The van der Waals surface area contributed by atoms with E-state index < -0.39 is 10.0 Å². The van der Waals surface area contributed by atoms with Crippen molar-refractivity contribution in [3.8, 4) is 0 Å². The Hall–Kier alpha value is -0.370. The summed E-state index contributed by atoms with van der Waals surface area (Å²) < 4.78 is 26.3. The van der Waals surface area contributed by atoms with Gasteiger partial charge in [-0.2, -0.15) is 11.8 Å². The van der Waals surface area contributed by atoms with Crippen LogP contribution in [-0.2, 0) is 10.0 Å². The third kappa shape index (κ3) is 2.85. The molecule has 5 nitrogen and oxygen atoms in total. The monoisotopic (exact) mass is 279 g/mol. The van der Waals surface area contributed by atoms with E-state index in [-0.39, 0.29) is 16.2 Å². The quantitative estimate of drug-likeness (QED) is 0.833. The van der Waals surface area contributed by atoms with Gasteiger partial charge in [-0.3, -0.25) is 0 Å². The molecule has 1 aromatic rings. The van der Waals surface area contributed by atoms with Gasteiger partial charge in [0.1, 0.15) is 4.90 Å². The first-order chi connectivity index (χ1) is 7.58. The Labute approximate surface area is 103 Å². The topological polar surface area (TPSA) is 72.0 Å². The van der Waals surface area contributed by atoms with Gasteiger partial charge in [0, 0.05) is 11.8 Å². The number of nitrogens with one attached hydrogen (secondary N) is 1. The second-order valence-corrected chi connectivity index (χ2v) is 6.57. The highest BCUT2D eigenvalue weighted by Gasteiger charge is 2.23. The summed E-state index contributed by atoms with van der Waals surface area (Å²) in [7, 11) is -3.51. The Morgan fingerprint density at radius 3 is 2.69 bits per heavy atom. The van der Waals surface area contributed by atoms with Crippen LogP contribution >= 0.6 is 23.4 Å². The lowest BCUT2D eigenvalue weighted by Gasteiger charge is -2.11. The van der Waals surface area contributed by atoms with Crippen LogP contribution < -0.4 is 4.72 Å². The maximum Gasteiger partial charge on any atom is 0.243 e. The summed E-state index contributed by atoms with van der Waals surface area (Å²) in [6, 6.07) is 0.00526. The molecule has 0 radical (unpaired) electrons. The van der Waals surface area contributed by atoms with E-state index >= 15 is 0 Å². The largest absolute Gasteiger partial charge is 0.243 e. The first-order valence-electron chi connectivity index (χ1n) is 4.65. The van der Waals surface area contributed by atoms with E-state index in [9.17, 15) is 8.42 Å². The summed E-state index contributed by atoms with van der Waals surface area (Å²) in [5.74, 6) is 1.80. The van der Waals surface area contributed by atoms with Crippen LogP contribution in [0.4, 0.5) is 0 Å². The van der Waals surface area contributed by atoms with Crippen LogP contribution in [0.3, 0.4) is 0 Å². The standard InChI is InChI=1S/C8H10ClN3O2S2/c9-8-10-3-7(4-11-8)16(13,14)12-6-1-2-15-5-6/h3-4,6,12H,1-2,5H2. The van der Waals surface area contributed by atoms with E-state index in [0.29, 0.717) is 0 Å². The third-order valence-electron chi connectivity index (χ3n) is 2.16. The number of halogens is 1. The maximum atomic E-state index is 11.9. The summed E-state index contributed by atoms with van der Waals surface area (Å²) in [5.41, 5.74) is 0. The second-order valence-electron chi connectivity index (χ2n) is 3.37. The molecule has 8 heteroatoms. The molecule has 1 unspecified atom stereocenters. The Morgan fingerprint density at radius 1 is 1.44 bits per heavy atom. The number of thioether (sulfide) groups is 1. The third-order valence-corrected chi connectivity index (χ3v) is 4.99. The van der Waals surface area contributed by atoms with Crippen LogP contribution in [0.5, 0.6) is 0 Å². The average molecular weight is 280 g/mol. The van der Waals surface area contributed by atoms with E-state index in [1.807, 2.05) is 0 Å². The van der Waals surface area contributed by atoms with Crippen LogP contribution in [-0.4, -0.2) is 35.9 Å². The second kappa shape index (κ2) is 4.87. The molecule has 1 aromatic heterocycles. The van der Waals surface area contributed by atoms with Gasteiger partial charge in [-0.1, -0.05) is 0 Å². The zero-order chi connectivity index (χ0) is 11.6. The molecule has 16 heavy (non-hydrogen) atoms. The summed E-state index contributed by atoms with van der Waals surface area (Å²) in [4.78, 5) is 7.35. The minimum atomic E-state index is -3.51. The van der Waals surface area contributed by atoms with Gasteiger partial charge in [0.05, 0.1) is 12.4 Å². The van der Waals surface area contributed by atoms with Gasteiger partial charge in [0.2, 0.25) is 15.3 Å². The summed E-state index contributed by atoms with van der Waals surface area (Å²) in [6.07, 6.45) is 3.28. The van der Waals surface area contributed by atoms with Crippen molar-refractivity contribution in [2.75, 3.05) is 11.5 Å². The van der Waals surface area contributed by atoms with E-state index in [0.717, 1.165) is 17.9 Å². The minimum Gasteiger partial charge on any atom is -0.225 e. The molecule has 1 N–H and O–H groups in total. The van der Waals surface area contributed by atoms with E-state index in [1.54, 1.807) is 11.8 Å². The highest BCUT2D eigenvalue weighted by molar-refractivity contribution is 7.99. The van der Waals surface area contributed by atoms with Gasteiger partial charge in [-0.05, 0) is 23.8 Å². The van der Waals surface area contributed by atoms with Crippen LogP contribution in [0.25, 0.3) is 0 Å². The molecule has 0 bridgehead atoms. The number of sulfonamides is 1. The molecule has 2 heterocycles. The normalized spacial score (nSPS) is 21.2. The molecule has 1 fully saturated rings. The predicted octanol–water partition coefficient (Wildman–Crippen LogP) is 0.914. The number of nitrogens with zero attached hydrogens (tertiary/aromatic N) is 2. The molecule has 1 atom stereocenters. The van der Waals surface area contributed by atoms with Crippen molar-refractivity contribution >= 4 is 33.4 Å². The smallest absolute Gasteiger partial charge is 0.225 e. The van der Waals surface area contributed by atoms with Gasteiger partial charge in [-0.15, -0.1) is 0 Å². The average Bonchev–Trinajstić information content (AvgIpc) is 2.70. The molecule has 0 spiro atoms. The molecule has 0 aromatic carbocycles. The molecule has 1 aliphatic rings. The predicted molar refractivity (Wildman–Crippen MR) is 63.1 cm³/mol. The summed E-state index contributed by atoms with van der Waals surface area (Å²) >= 11 is 7.23. The maximum absolute atomic E-state index is 11.9. The number of rotatable bonds is 3. The molecule has 1 aliphatic heterocycles. The van der Waals surface area contributed by atoms with Gasteiger partial charge in [0.15, 0.2) is 0 Å². The van der Waals surface area contributed by atoms with Crippen molar-refractivity contribution in [1.82, 2.24) is 14.7 Å². The Bertz CT molecular complexity index is 457. The van der Waals surface area contributed by atoms with E-state index in [1.165, 1.54) is 12.4 Å². The Balaban J connectivity index is 2.14. The minimum absolute atomic E-state index is 0.00526. The van der Waals surface area contributed by atoms with Crippen molar-refractivity contribution < 1.29 is 8.42 Å². The van der Waals surface area contributed by atoms with Gasteiger partial charge < -0.3 is 0 Å². The molecule has 0 amide bonds. The SMILES string of the molecule is O=S(=O)(NC1CCSC1)c1cnc(Cl)nc1. The highest BCUT2D eigenvalue weighted by Crippen LogP contribution is 2.19. The fourth-order valence-electron chi connectivity index (χ4n) is 1.35. The van der Waals surface area contributed by atoms with Crippen molar-refractivity contribution in [3.05, 3.63) is 17.7 Å². The van der Waals surface area contributed by atoms with Crippen LogP contribution in [0, 0.1) is 0 Å². The lowest BCUT2D eigenvalue weighted by Crippen LogP contribution is -2.34. The highest BCUT2D eigenvalue weighted by atomic mass is 35.5. The van der Waals surface area contributed by atoms with Gasteiger partial charge in [-0.25, -0.2) is 23.1 Å². The molecule has 2 rings (SSSR count). The summed E-state index contributed by atoms with van der Waals surface area (Å²) in [5, 5.41) is 0.0374. The fourth-order valence-corrected chi connectivity index (χ4v) is 3.87. The zero-order valence-electron chi connectivity index (χ0n) is 8.26. The van der Waals surface area contributed by atoms with E-state index in [4.69, 9.17) is 11.6 Å². The van der Waals surface area contributed by atoms with Crippen LogP contribution in [0.1, 0.15) is 6.42 Å². The molecular weight excluding hydrogens is 270 g/mol. The molecule has 88 valence electrons. The van der Waals surface area contributed by atoms with Gasteiger partial charge >= 0.3 is 0 Å². The molecule has 1 saturated heterocycles. The fraction of sp³-hybridized carbons (Fsp3) is 0.500. The van der Waals surface area contributed by atoms with E-state index in [2.05, 4.69) is 14.7 Å². The lowest BCUT2D eigenvalue weighted by molar-refractivity contribution is 0.562. The van der Waals surface area contributed by atoms with Crippen molar-refractivity contribution in [3.63, 3.8) is 0 Å². The number of hydrogen-bond acceptors (Lipinski definition) is 5. The van der Waals surface area contributed by atoms with Crippen molar-refractivity contribution in [2.24, 2.45) is 0 Å². The zero-order valence-corrected chi connectivity index (χ0v) is 10.6. The Morgan fingerprint density at radius 2 is 2.12 bits per heavy atom. The van der Waals surface area contributed by atoms with Crippen molar-refractivity contribution in [1.29, 1.82) is 0 Å². The van der Waals surface area contributed by atoms with Crippen molar-refractivity contribution in [2.45, 2.75) is 17.4 Å².